The number of nitrogens with zero attached hydrogens (tertiary/aromatic N) is 3. The fourth-order valence-electron chi connectivity index (χ4n) is 4.13. The smallest absolute Gasteiger partial charge is 0.231 e. The largest absolute Gasteiger partial charge is 0.370 e. The summed E-state index contributed by atoms with van der Waals surface area (Å²) in [4.78, 5) is 24.1. The number of carbonyl (C=O) groups is 2. The van der Waals surface area contributed by atoms with E-state index < -0.39 is 0 Å². The van der Waals surface area contributed by atoms with Crippen molar-refractivity contribution in [3.63, 3.8) is 0 Å². The lowest BCUT2D eigenvalue weighted by molar-refractivity contribution is -0.119. The van der Waals surface area contributed by atoms with Gasteiger partial charge in [-0.15, -0.1) is 10.2 Å². The van der Waals surface area contributed by atoms with Crippen molar-refractivity contribution in [2.45, 2.75) is 42.9 Å². The van der Waals surface area contributed by atoms with Crippen molar-refractivity contribution in [2.75, 3.05) is 5.75 Å². The number of amides is 2. The van der Waals surface area contributed by atoms with Gasteiger partial charge in [-0.25, -0.2) is 0 Å². The fourth-order valence-corrected chi connectivity index (χ4v) is 4.91. The van der Waals surface area contributed by atoms with Crippen LogP contribution in [0.4, 0.5) is 0 Å². The molecule has 2 amide bonds. The van der Waals surface area contributed by atoms with Crippen LogP contribution in [0.25, 0.3) is 11.1 Å². The number of rotatable bonds is 8. The lowest BCUT2D eigenvalue weighted by Crippen LogP contribution is -2.29. The molecule has 3 aromatic rings. The minimum Gasteiger partial charge on any atom is -0.370 e. The van der Waals surface area contributed by atoms with Crippen molar-refractivity contribution in [3.8, 4) is 11.1 Å². The zero-order valence-electron chi connectivity index (χ0n) is 17.0. The quantitative estimate of drug-likeness (QED) is 0.532. The summed E-state index contributed by atoms with van der Waals surface area (Å²) in [6.07, 6.45) is 2.40. The number of thioether (sulfide) groups is 1. The van der Waals surface area contributed by atoms with Crippen LogP contribution >= 0.6 is 11.8 Å². The van der Waals surface area contributed by atoms with Crippen molar-refractivity contribution in [3.05, 3.63) is 65.5 Å². The second kappa shape index (κ2) is 8.19. The molecule has 7 nitrogen and oxygen atoms in total. The summed E-state index contributed by atoms with van der Waals surface area (Å²) in [5.74, 6) is 1.08. The maximum Gasteiger partial charge on any atom is 0.231 e. The second-order valence-electron chi connectivity index (χ2n) is 7.95. The first-order valence-corrected chi connectivity index (χ1v) is 11.4. The number of fused-ring (bicyclic) bond motifs is 3. The van der Waals surface area contributed by atoms with Gasteiger partial charge in [-0.05, 0) is 35.1 Å². The predicted octanol–water partition coefficient (Wildman–Crippen LogP) is 3.01. The van der Waals surface area contributed by atoms with Crippen LogP contribution in [0.1, 0.15) is 48.2 Å². The van der Waals surface area contributed by atoms with Crippen molar-refractivity contribution >= 4 is 23.6 Å². The lowest BCUT2D eigenvalue weighted by Gasteiger charge is -2.16. The molecular weight excluding hydrogens is 410 g/mol. The molecule has 0 aliphatic heterocycles. The SMILES string of the molecule is NC(=O)CCn1c(SCC(=O)NC2c3ccccc3-c3ccccc32)nnc1C1CC1. The molecule has 2 aliphatic rings. The number of benzene rings is 2. The minimum absolute atomic E-state index is 0.0704. The molecule has 5 rings (SSSR count). The molecule has 0 radical (unpaired) electrons. The fraction of sp³-hybridized carbons (Fsp3) is 0.304. The Morgan fingerprint density at radius 2 is 1.68 bits per heavy atom. The summed E-state index contributed by atoms with van der Waals surface area (Å²) in [6, 6.07) is 16.2. The molecular formula is C23H23N5O2S. The van der Waals surface area contributed by atoms with E-state index in [-0.39, 0.29) is 30.0 Å². The number of hydrogen-bond donors (Lipinski definition) is 2. The minimum atomic E-state index is -0.359. The van der Waals surface area contributed by atoms with Gasteiger partial charge in [0.2, 0.25) is 11.8 Å². The Labute approximate surface area is 184 Å². The number of nitrogens with two attached hydrogens (primary N) is 1. The van der Waals surface area contributed by atoms with E-state index in [1.807, 2.05) is 28.8 Å². The molecule has 1 saturated carbocycles. The van der Waals surface area contributed by atoms with Gasteiger partial charge >= 0.3 is 0 Å². The Balaban J connectivity index is 1.30. The third kappa shape index (κ3) is 3.95. The third-order valence-electron chi connectivity index (χ3n) is 5.74. The zero-order valence-corrected chi connectivity index (χ0v) is 17.8. The molecule has 0 unspecified atom stereocenters. The second-order valence-corrected chi connectivity index (χ2v) is 8.89. The van der Waals surface area contributed by atoms with E-state index >= 15 is 0 Å². The highest BCUT2D eigenvalue weighted by atomic mass is 32.2. The van der Waals surface area contributed by atoms with Crippen molar-refractivity contribution in [2.24, 2.45) is 5.73 Å². The Hall–Kier alpha value is -3.13. The highest BCUT2D eigenvalue weighted by Crippen LogP contribution is 2.43. The first kappa shape index (κ1) is 19.8. The maximum atomic E-state index is 12.9. The Morgan fingerprint density at radius 1 is 1.03 bits per heavy atom. The average molecular weight is 434 g/mol. The first-order chi connectivity index (χ1) is 15.1. The third-order valence-corrected chi connectivity index (χ3v) is 6.71. The molecule has 0 spiro atoms. The van der Waals surface area contributed by atoms with E-state index in [0.29, 0.717) is 17.6 Å². The molecule has 2 aromatic carbocycles. The van der Waals surface area contributed by atoms with Crippen LogP contribution in [-0.4, -0.2) is 32.3 Å². The number of primary amides is 1. The van der Waals surface area contributed by atoms with E-state index in [9.17, 15) is 9.59 Å². The zero-order chi connectivity index (χ0) is 21.4. The van der Waals surface area contributed by atoms with Gasteiger partial charge in [-0.3, -0.25) is 9.59 Å². The van der Waals surface area contributed by atoms with Crippen LogP contribution in [0, 0.1) is 0 Å². The number of nitrogens with one attached hydrogen (secondary N) is 1. The van der Waals surface area contributed by atoms with Gasteiger partial charge in [-0.1, -0.05) is 60.3 Å². The Kier molecular flexibility index (Phi) is 5.23. The molecule has 1 aromatic heterocycles. The van der Waals surface area contributed by atoms with Crippen LogP contribution in [0.15, 0.2) is 53.7 Å². The van der Waals surface area contributed by atoms with E-state index in [1.165, 1.54) is 11.8 Å². The van der Waals surface area contributed by atoms with Crippen LogP contribution in [0.3, 0.4) is 0 Å². The lowest BCUT2D eigenvalue weighted by atomic mass is 10.1. The number of aromatic nitrogens is 3. The summed E-state index contributed by atoms with van der Waals surface area (Å²) in [6.45, 7) is 0.446. The molecule has 2 aliphatic carbocycles. The maximum absolute atomic E-state index is 12.9. The van der Waals surface area contributed by atoms with E-state index in [0.717, 1.165) is 40.9 Å². The predicted molar refractivity (Wildman–Crippen MR) is 118 cm³/mol. The summed E-state index contributed by atoms with van der Waals surface area (Å²) < 4.78 is 1.94. The van der Waals surface area contributed by atoms with Gasteiger partial charge in [0.15, 0.2) is 5.16 Å². The van der Waals surface area contributed by atoms with Gasteiger partial charge in [0.1, 0.15) is 5.82 Å². The molecule has 0 saturated heterocycles. The van der Waals surface area contributed by atoms with Crippen molar-refractivity contribution < 1.29 is 9.59 Å². The van der Waals surface area contributed by atoms with Gasteiger partial charge in [0.05, 0.1) is 11.8 Å². The molecule has 0 atom stereocenters. The molecule has 158 valence electrons. The van der Waals surface area contributed by atoms with Crippen molar-refractivity contribution in [1.29, 1.82) is 0 Å². The van der Waals surface area contributed by atoms with Crippen LogP contribution in [0.5, 0.6) is 0 Å². The van der Waals surface area contributed by atoms with Gasteiger partial charge in [-0.2, -0.15) is 0 Å². The van der Waals surface area contributed by atoms with Gasteiger partial charge in [0, 0.05) is 18.9 Å². The van der Waals surface area contributed by atoms with Gasteiger partial charge in [0.25, 0.3) is 0 Å². The van der Waals surface area contributed by atoms with Crippen LogP contribution < -0.4 is 11.1 Å². The molecule has 31 heavy (non-hydrogen) atoms. The summed E-state index contributed by atoms with van der Waals surface area (Å²) in [7, 11) is 0. The van der Waals surface area contributed by atoms with Crippen LogP contribution in [0.2, 0.25) is 0 Å². The topological polar surface area (TPSA) is 103 Å². The average Bonchev–Trinajstić information content (AvgIpc) is 3.47. The van der Waals surface area contributed by atoms with E-state index in [2.05, 4.69) is 39.8 Å². The number of carbonyl (C=O) groups excluding carboxylic acids is 2. The van der Waals surface area contributed by atoms with Gasteiger partial charge < -0.3 is 15.6 Å². The molecule has 0 bridgehead atoms. The Morgan fingerprint density at radius 3 is 2.29 bits per heavy atom. The summed E-state index contributed by atoms with van der Waals surface area (Å²) >= 11 is 1.34. The monoisotopic (exact) mass is 433 g/mol. The van der Waals surface area contributed by atoms with Crippen LogP contribution in [-0.2, 0) is 16.1 Å². The summed E-state index contributed by atoms with van der Waals surface area (Å²) in [5, 5.41) is 12.4. The van der Waals surface area contributed by atoms with E-state index in [1.54, 1.807) is 0 Å². The standard InChI is InChI=1S/C23H23N5O2S/c24-19(29)11-12-28-22(14-9-10-14)26-27-23(28)31-13-20(30)25-21-17-7-3-1-5-15(17)16-6-2-4-8-18(16)21/h1-8,14,21H,9-13H2,(H2,24,29)(H,25,30). The first-order valence-electron chi connectivity index (χ1n) is 10.4. The molecule has 8 heteroatoms. The number of hydrogen-bond acceptors (Lipinski definition) is 5. The highest BCUT2D eigenvalue weighted by molar-refractivity contribution is 7.99. The van der Waals surface area contributed by atoms with Crippen molar-refractivity contribution in [1.82, 2.24) is 20.1 Å². The molecule has 1 heterocycles. The van der Waals surface area contributed by atoms with E-state index in [4.69, 9.17) is 5.73 Å². The Bertz CT molecular complexity index is 1110. The highest BCUT2D eigenvalue weighted by Gasteiger charge is 2.31. The summed E-state index contributed by atoms with van der Waals surface area (Å²) in [5.41, 5.74) is 9.88. The molecule has 1 fully saturated rings. The normalized spacial score (nSPS) is 14.8. The molecule has 3 N–H and O–H groups in total.